The lowest BCUT2D eigenvalue weighted by atomic mass is 10.3. The maximum atomic E-state index is 11.5. The number of hydrogen-bond acceptors (Lipinski definition) is 4. The molecule has 16 heavy (non-hydrogen) atoms. The molecule has 6 heteroatoms. The minimum Gasteiger partial charge on any atom is -0.463 e. The summed E-state index contributed by atoms with van der Waals surface area (Å²) in [7, 11) is 0. The molecule has 1 amide bonds. The fourth-order valence-electron chi connectivity index (χ4n) is 1.90. The Labute approximate surface area is 98.4 Å². The molecule has 1 fully saturated rings. The van der Waals surface area contributed by atoms with Gasteiger partial charge in [-0.2, -0.15) is 4.90 Å². The van der Waals surface area contributed by atoms with E-state index in [0.29, 0.717) is 12.4 Å². The van der Waals surface area contributed by atoms with E-state index in [1.165, 1.54) is 11.8 Å². The van der Waals surface area contributed by atoms with E-state index in [1.54, 1.807) is 11.8 Å². The number of rotatable bonds is 3. The third kappa shape index (κ3) is 2.21. The summed E-state index contributed by atoms with van der Waals surface area (Å²) < 4.78 is 6.85. The van der Waals surface area contributed by atoms with Gasteiger partial charge in [-0.1, -0.05) is 0 Å². The molecule has 2 aliphatic rings. The predicted octanol–water partition coefficient (Wildman–Crippen LogP) is -0.103. The Balaban J connectivity index is 2.10. The number of ether oxygens (including phenoxy) is 1. The van der Waals surface area contributed by atoms with E-state index in [9.17, 15) is 9.59 Å². The second-order valence-corrected chi connectivity index (χ2v) is 4.64. The summed E-state index contributed by atoms with van der Waals surface area (Å²) in [5.41, 5.74) is 0. The number of fused-ring (bicyclic) bond motifs is 1. The first kappa shape index (κ1) is 11.4. The van der Waals surface area contributed by atoms with Gasteiger partial charge in [0.15, 0.2) is 6.54 Å². The van der Waals surface area contributed by atoms with Crippen LogP contribution in [-0.2, 0) is 14.3 Å². The lowest BCUT2D eigenvalue weighted by Gasteiger charge is -2.18. The number of amides is 1. The van der Waals surface area contributed by atoms with Crippen molar-refractivity contribution in [3.05, 3.63) is 0 Å². The minimum atomic E-state index is -0.225. The van der Waals surface area contributed by atoms with Crippen LogP contribution in [0.1, 0.15) is 13.3 Å². The topological polar surface area (TPSA) is 49.6 Å². The molecule has 5 nitrogen and oxygen atoms in total. The normalized spacial score (nSPS) is 20.1. The number of nitrogens with zero attached hydrogens (tertiary/aromatic N) is 2. The summed E-state index contributed by atoms with van der Waals surface area (Å²) in [6, 6.07) is 0. The van der Waals surface area contributed by atoms with E-state index < -0.39 is 0 Å². The van der Waals surface area contributed by atoms with E-state index in [1.807, 2.05) is 4.58 Å². The Morgan fingerprint density at radius 1 is 1.62 bits per heavy atom. The van der Waals surface area contributed by atoms with E-state index in [4.69, 9.17) is 4.74 Å². The van der Waals surface area contributed by atoms with E-state index in [-0.39, 0.29) is 18.4 Å². The van der Waals surface area contributed by atoms with Gasteiger partial charge in [-0.25, -0.2) is 14.2 Å². The molecule has 0 aromatic rings. The molecule has 2 heterocycles. The smallest absolute Gasteiger partial charge is 0.348 e. The summed E-state index contributed by atoms with van der Waals surface area (Å²) in [5, 5.41) is 0.921. The number of carbonyl (C=O) groups excluding carboxylic acids is 2. The minimum absolute atomic E-state index is 0.147. The highest BCUT2D eigenvalue weighted by atomic mass is 32.2. The van der Waals surface area contributed by atoms with Crippen molar-refractivity contribution in [2.24, 2.45) is 0 Å². The number of esters is 1. The number of amidine groups is 1. The summed E-state index contributed by atoms with van der Waals surface area (Å²) >= 11 is 1.51. The molecule has 0 aliphatic carbocycles. The van der Waals surface area contributed by atoms with Gasteiger partial charge in [0.05, 0.1) is 19.7 Å². The van der Waals surface area contributed by atoms with Gasteiger partial charge >= 0.3 is 17.0 Å². The van der Waals surface area contributed by atoms with Gasteiger partial charge in [-0.3, -0.25) is 0 Å². The molecule has 2 rings (SSSR count). The van der Waals surface area contributed by atoms with E-state index in [0.717, 1.165) is 24.7 Å². The van der Waals surface area contributed by atoms with Crippen LogP contribution < -0.4 is 0 Å². The average Bonchev–Trinajstić information content (AvgIpc) is 2.62. The number of thioether (sulfide) groups is 1. The first-order valence-corrected chi connectivity index (χ1v) is 6.41. The Bertz CT molecular complexity index is 354. The number of hydrogen-bond donors (Lipinski definition) is 0. The molecule has 0 aromatic heterocycles. The van der Waals surface area contributed by atoms with Gasteiger partial charge in [0, 0.05) is 6.42 Å². The second kappa shape index (κ2) is 4.86. The summed E-state index contributed by atoms with van der Waals surface area (Å²) in [5.74, 6) is 0.416. The van der Waals surface area contributed by atoms with Crippen molar-refractivity contribution in [2.75, 3.05) is 32.0 Å². The second-order valence-electron chi connectivity index (χ2n) is 3.70. The molecule has 0 N–H and O–H groups in total. The van der Waals surface area contributed by atoms with Crippen molar-refractivity contribution >= 4 is 28.8 Å². The van der Waals surface area contributed by atoms with Crippen LogP contribution in [0.3, 0.4) is 0 Å². The molecule has 0 bridgehead atoms. The zero-order chi connectivity index (χ0) is 11.5. The van der Waals surface area contributed by atoms with E-state index >= 15 is 0 Å². The van der Waals surface area contributed by atoms with Gasteiger partial charge in [-0.15, -0.1) is 0 Å². The highest BCUT2D eigenvalue weighted by Crippen LogP contribution is 2.22. The Morgan fingerprint density at radius 3 is 3.19 bits per heavy atom. The zero-order valence-corrected chi connectivity index (χ0v) is 10.1. The Kier molecular flexibility index (Phi) is 3.48. The molecule has 0 aromatic carbocycles. The standard InChI is InChI=1S/C10H15N2O3S/c1-2-15-9(14)6-11-4-3-5-12-8(13)7-16-10(11)12/h2-7H2,1H3/q+1. The maximum Gasteiger partial charge on any atom is 0.348 e. The molecular weight excluding hydrogens is 228 g/mol. The monoisotopic (exact) mass is 243 g/mol. The molecule has 88 valence electrons. The summed E-state index contributed by atoms with van der Waals surface area (Å²) in [6.45, 7) is 4.05. The van der Waals surface area contributed by atoms with Crippen LogP contribution in [0.25, 0.3) is 0 Å². The van der Waals surface area contributed by atoms with Gasteiger partial charge in [0.2, 0.25) is 0 Å². The largest absolute Gasteiger partial charge is 0.463 e. The first-order valence-electron chi connectivity index (χ1n) is 5.43. The molecule has 1 saturated heterocycles. The Hall–Kier alpha value is -1.04. The zero-order valence-electron chi connectivity index (χ0n) is 9.27. The van der Waals surface area contributed by atoms with Crippen LogP contribution >= 0.6 is 11.8 Å². The molecular formula is C10H15N2O3S+. The quantitative estimate of drug-likeness (QED) is 0.513. The van der Waals surface area contributed by atoms with Crippen LogP contribution in [0.5, 0.6) is 0 Å². The first-order chi connectivity index (χ1) is 7.72. The third-order valence-electron chi connectivity index (χ3n) is 2.56. The third-order valence-corrected chi connectivity index (χ3v) is 3.69. The number of carbonyl (C=O) groups is 2. The van der Waals surface area contributed by atoms with Crippen molar-refractivity contribution in [3.8, 4) is 0 Å². The fourth-order valence-corrected chi connectivity index (χ4v) is 2.99. The predicted molar refractivity (Wildman–Crippen MR) is 60.4 cm³/mol. The Morgan fingerprint density at radius 2 is 2.44 bits per heavy atom. The fraction of sp³-hybridized carbons (Fsp3) is 0.700. The average molecular weight is 243 g/mol. The molecule has 0 radical (unpaired) electrons. The van der Waals surface area contributed by atoms with Crippen molar-refractivity contribution in [1.82, 2.24) is 4.90 Å². The van der Waals surface area contributed by atoms with Crippen LogP contribution in [0, 0.1) is 0 Å². The lowest BCUT2D eigenvalue weighted by molar-refractivity contribution is -0.525. The van der Waals surface area contributed by atoms with Crippen LogP contribution in [0.2, 0.25) is 0 Å². The van der Waals surface area contributed by atoms with E-state index in [2.05, 4.69) is 0 Å². The van der Waals surface area contributed by atoms with Crippen LogP contribution in [-0.4, -0.2) is 58.5 Å². The molecule has 2 aliphatic heterocycles. The van der Waals surface area contributed by atoms with Crippen molar-refractivity contribution in [3.63, 3.8) is 0 Å². The molecule has 0 saturated carbocycles. The van der Waals surface area contributed by atoms with Gasteiger partial charge in [0.25, 0.3) is 0 Å². The molecule has 0 atom stereocenters. The highest BCUT2D eigenvalue weighted by Gasteiger charge is 2.40. The summed E-state index contributed by atoms with van der Waals surface area (Å²) in [6.07, 6.45) is 0.912. The lowest BCUT2D eigenvalue weighted by Crippen LogP contribution is -2.43. The van der Waals surface area contributed by atoms with Crippen LogP contribution in [0.4, 0.5) is 0 Å². The van der Waals surface area contributed by atoms with Crippen molar-refractivity contribution < 1.29 is 18.9 Å². The SMILES string of the molecule is CCOC(=O)C[N+]1=C2SCC(=O)N2CCC1. The maximum absolute atomic E-state index is 11.5. The van der Waals surface area contributed by atoms with Gasteiger partial charge < -0.3 is 4.74 Å². The highest BCUT2D eigenvalue weighted by molar-refractivity contribution is 8.14. The molecule has 0 unspecified atom stereocenters. The van der Waals surface area contributed by atoms with Gasteiger partial charge in [0.1, 0.15) is 5.75 Å². The summed E-state index contributed by atoms with van der Waals surface area (Å²) in [4.78, 5) is 24.7. The molecule has 0 spiro atoms. The van der Waals surface area contributed by atoms with Crippen molar-refractivity contribution in [2.45, 2.75) is 13.3 Å². The van der Waals surface area contributed by atoms with Crippen LogP contribution in [0.15, 0.2) is 0 Å². The van der Waals surface area contributed by atoms with Gasteiger partial charge in [-0.05, 0) is 18.7 Å². The van der Waals surface area contributed by atoms with Crippen molar-refractivity contribution in [1.29, 1.82) is 0 Å².